The molecule has 0 heterocycles. The zero-order chi connectivity index (χ0) is 13.5. The Morgan fingerprint density at radius 3 is 2.00 bits per heavy atom. The third-order valence-electron chi connectivity index (χ3n) is 5.40. The molecule has 1 nitrogen and oxygen atoms in total. The Kier molecular flexibility index (Phi) is 6.43. The molecule has 0 aromatic carbocycles. The summed E-state index contributed by atoms with van der Waals surface area (Å²) < 4.78 is 5.49. The summed E-state index contributed by atoms with van der Waals surface area (Å²) in [6.07, 6.45) is 19.3. The first kappa shape index (κ1) is 15.1. The van der Waals surface area contributed by atoms with Crippen molar-refractivity contribution in [3.05, 3.63) is 12.2 Å². The van der Waals surface area contributed by atoms with E-state index < -0.39 is 0 Å². The van der Waals surface area contributed by atoms with Crippen molar-refractivity contribution in [3.63, 3.8) is 0 Å². The van der Waals surface area contributed by atoms with E-state index in [0.717, 1.165) is 17.8 Å². The quantitative estimate of drug-likeness (QED) is 0.608. The summed E-state index contributed by atoms with van der Waals surface area (Å²) in [6.45, 7) is 2.26. The van der Waals surface area contributed by atoms with Gasteiger partial charge in [0, 0.05) is 7.11 Å². The van der Waals surface area contributed by atoms with Gasteiger partial charge in [0.25, 0.3) is 0 Å². The third-order valence-corrected chi connectivity index (χ3v) is 5.40. The summed E-state index contributed by atoms with van der Waals surface area (Å²) in [7, 11) is 1.87. The van der Waals surface area contributed by atoms with Crippen LogP contribution in [0.25, 0.3) is 0 Å². The minimum atomic E-state index is 0.560. The van der Waals surface area contributed by atoms with E-state index in [1.165, 1.54) is 64.2 Å². The highest BCUT2D eigenvalue weighted by Gasteiger charge is 2.30. The molecule has 110 valence electrons. The molecule has 0 amide bonds. The van der Waals surface area contributed by atoms with Gasteiger partial charge in [0.1, 0.15) is 0 Å². The van der Waals surface area contributed by atoms with Gasteiger partial charge in [-0.15, -0.1) is 0 Å². The number of ether oxygens (including phenoxy) is 1. The minimum absolute atomic E-state index is 0.560. The molecule has 0 saturated heterocycles. The number of rotatable bonds is 5. The molecule has 19 heavy (non-hydrogen) atoms. The highest BCUT2D eigenvalue weighted by atomic mass is 16.5. The van der Waals surface area contributed by atoms with Crippen LogP contribution in [0.4, 0.5) is 0 Å². The molecule has 1 heteroatoms. The van der Waals surface area contributed by atoms with Gasteiger partial charge in [0.15, 0.2) is 0 Å². The van der Waals surface area contributed by atoms with E-state index >= 15 is 0 Å². The summed E-state index contributed by atoms with van der Waals surface area (Å²) in [5.41, 5.74) is 0. The molecule has 0 radical (unpaired) electrons. The molecule has 0 unspecified atom stereocenters. The van der Waals surface area contributed by atoms with Gasteiger partial charge in [0.05, 0.1) is 6.10 Å². The van der Waals surface area contributed by atoms with Gasteiger partial charge < -0.3 is 4.74 Å². The second-order valence-corrected chi connectivity index (χ2v) is 6.66. The lowest BCUT2D eigenvalue weighted by Gasteiger charge is -2.37. The summed E-state index contributed by atoms with van der Waals surface area (Å²) in [5, 5.41) is 0. The second-order valence-electron chi connectivity index (χ2n) is 6.66. The predicted octanol–water partition coefficient (Wildman–Crippen LogP) is 5.35. The van der Waals surface area contributed by atoms with Crippen LogP contribution < -0.4 is 0 Å². The van der Waals surface area contributed by atoms with Crippen molar-refractivity contribution >= 4 is 0 Å². The maximum atomic E-state index is 5.49. The molecule has 0 spiro atoms. The highest BCUT2D eigenvalue weighted by molar-refractivity contribution is 4.92. The zero-order valence-electron chi connectivity index (χ0n) is 12.9. The normalized spacial score (nSPS) is 36.7. The van der Waals surface area contributed by atoms with Crippen molar-refractivity contribution < 1.29 is 4.74 Å². The maximum Gasteiger partial charge on any atom is 0.0571 e. The van der Waals surface area contributed by atoms with Crippen LogP contribution in [0.3, 0.4) is 0 Å². The summed E-state index contributed by atoms with van der Waals surface area (Å²) in [4.78, 5) is 0. The fourth-order valence-electron chi connectivity index (χ4n) is 4.06. The third kappa shape index (κ3) is 4.63. The average Bonchev–Trinajstić information content (AvgIpc) is 2.48. The molecule has 0 aliphatic heterocycles. The Balaban J connectivity index is 1.68. The summed E-state index contributed by atoms with van der Waals surface area (Å²) in [6, 6.07) is 0. The minimum Gasteiger partial charge on any atom is -0.381 e. The first-order valence-electron chi connectivity index (χ1n) is 8.53. The van der Waals surface area contributed by atoms with Crippen molar-refractivity contribution in [1.29, 1.82) is 0 Å². The fourth-order valence-corrected chi connectivity index (χ4v) is 4.06. The van der Waals surface area contributed by atoms with Crippen LogP contribution in [0.1, 0.15) is 71.1 Å². The van der Waals surface area contributed by atoms with E-state index in [4.69, 9.17) is 4.74 Å². The molecule has 2 rings (SSSR count). The van der Waals surface area contributed by atoms with Crippen LogP contribution in [-0.2, 0) is 4.74 Å². The molecular formula is C18H32O. The Hall–Kier alpha value is -0.300. The van der Waals surface area contributed by atoms with Crippen molar-refractivity contribution in [1.82, 2.24) is 0 Å². The number of hydrogen-bond donors (Lipinski definition) is 0. The van der Waals surface area contributed by atoms with Crippen LogP contribution in [0, 0.1) is 17.8 Å². The lowest BCUT2D eigenvalue weighted by Crippen LogP contribution is -2.27. The first-order valence-corrected chi connectivity index (χ1v) is 8.53. The van der Waals surface area contributed by atoms with Crippen molar-refractivity contribution in [3.8, 4) is 0 Å². The van der Waals surface area contributed by atoms with Gasteiger partial charge in [-0.25, -0.2) is 0 Å². The molecule has 0 bridgehead atoms. The van der Waals surface area contributed by atoms with Gasteiger partial charge >= 0.3 is 0 Å². The van der Waals surface area contributed by atoms with E-state index in [9.17, 15) is 0 Å². The topological polar surface area (TPSA) is 9.23 Å². The Morgan fingerprint density at radius 1 is 0.895 bits per heavy atom. The molecule has 0 atom stereocenters. The van der Waals surface area contributed by atoms with E-state index in [1.807, 2.05) is 7.11 Å². The number of hydrogen-bond acceptors (Lipinski definition) is 1. The standard InChI is InChI=1S/C18H32O/c1-3-4-5-6-15-7-9-16(10-8-15)17-11-13-18(19-2)14-12-17/h5-6,15-18H,3-4,7-14H2,1-2H3/b6-5+/t15-,16-,17?,18?. The molecule has 2 aliphatic carbocycles. The van der Waals surface area contributed by atoms with Gasteiger partial charge in [-0.1, -0.05) is 25.5 Å². The van der Waals surface area contributed by atoms with E-state index in [2.05, 4.69) is 19.1 Å². The Bertz CT molecular complexity index is 255. The maximum absolute atomic E-state index is 5.49. The van der Waals surface area contributed by atoms with Crippen LogP contribution in [0.2, 0.25) is 0 Å². The van der Waals surface area contributed by atoms with Crippen LogP contribution in [-0.4, -0.2) is 13.2 Å². The molecule has 0 aromatic heterocycles. The van der Waals surface area contributed by atoms with Crippen molar-refractivity contribution in [2.45, 2.75) is 77.2 Å². The lowest BCUT2D eigenvalue weighted by molar-refractivity contribution is 0.0405. The monoisotopic (exact) mass is 264 g/mol. The molecule has 2 aliphatic rings. The van der Waals surface area contributed by atoms with E-state index in [1.54, 1.807) is 0 Å². The van der Waals surface area contributed by atoms with Gasteiger partial charge in [0.2, 0.25) is 0 Å². The smallest absolute Gasteiger partial charge is 0.0571 e. The zero-order valence-corrected chi connectivity index (χ0v) is 12.9. The fraction of sp³-hybridized carbons (Fsp3) is 0.889. The highest BCUT2D eigenvalue weighted by Crippen LogP contribution is 2.40. The summed E-state index contributed by atoms with van der Waals surface area (Å²) >= 11 is 0. The summed E-state index contributed by atoms with van der Waals surface area (Å²) in [5.74, 6) is 2.92. The van der Waals surface area contributed by atoms with E-state index in [0.29, 0.717) is 6.10 Å². The van der Waals surface area contributed by atoms with Crippen LogP contribution >= 0.6 is 0 Å². The average molecular weight is 264 g/mol. The molecule has 0 N–H and O–H groups in total. The van der Waals surface area contributed by atoms with Gasteiger partial charge in [-0.05, 0) is 75.5 Å². The van der Waals surface area contributed by atoms with Gasteiger partial charge in [-0.3, -0.25) is 0 Å². The first-order chi connectivity index (χ1) is 9.33. The molecule has 2 fully saturated rings. The molecule has 2 saturated carbocycles. The molecule has 0 aromatic rings. The predicted molar refractivity (Wildman–Crippen MR) is 82.3 cm³/mol. The van der Waals surface area contributed by atoms with Crippen molar-refractivity contribution in [2.24, 2.45) is 17.8 Å². The second kappa shape index (κ2) is 8.09. The van der Waals surface area contributed by atoms with Gasteiger partial charge in [-0.2, -0.15) is 0 Å². The number of methoxy groups -OCH3 is 1. The van der Waals surface area contributed by atoms with Crippen LogP contribution in [0.15, 0.2) is 12.2 Å². The van der Waals surface area contributed by atoms with Crippen LogP contribution in [0.5, 0.6) is 0 Å². The largest absolute Gasteiger partial charge is 0.381 e. The Morgan fingerprint density at radius 2 is 1.47 bits per heavy atom. The van der Waals surface area contributed by atoms with Crippen molar-refractivity contribution in [2.75, 3.05) is 7.11 Å². The number of unbranched alkanes of at least 4 members (excludes halogenated alkanes) is 1. The SMILES string of the molecule is CCC/C=C/[C@H]1CC[C@H](C2CCC(OC)CC2)CC1. The van der Waals surface area contributed by atoms with E-state index in [-0.39, 0.29) is 0 Å². The Labute approximate surface area is 119 Å². The molecular weight excluding hydrogens is 232 g/mol. The lowest BCUT2D eigenvalue weighted by atomic mass is 9.70. The number of allylic oxidation sites excluding steroid dienone is 2.